The first kappa shape index (κ1) is 25.6. The van der Waals surface area contributed by atoms with Crippen LogP contribution < -0.4 is 15.4 Å². The van der Waals surface area contributed by atoms with Crippen LogP contribution in [0.5, 0.6) is 5.75 Å². The molecular weight excluding hydrogens is 515 g/mol. The lowest BCUT2D eigenvalue weighted by atomic mass is 10.1. The fraction of sp³-hybridized carbons (Fsp3) is 0.375. The number of halogens is 1. The summed E-state index contributed by atoms with van der Waals surface area (Å²) in [6, 6.07) is 18.6. The first-order valence-electron chi connectivity index (χ1n) is 10.8. The molecule has 0 bridgehead atoms. The van der Waals surface area contributed by atoms with Gasteiger partial charge in [0.05, 0.1) is 13.7 Å². The zero-order valence-electron chi connectivity index (χ0n) is 18.8. The molecule has 3 aromatic rings. The Hall–Kier alpha value is -2.62. The molecule has 0 amide bonds. The second kappa shape index (κ2) is 14.4. The molecule has 7 nitrogen and oxygen atoms in total. The van der Waals surface area contributed by atoms with Gasteiger partial charge in [-0.05, 0) is 36.1 Å². The molecule has 0 atom stereocenters. The Kier molecular flexibility index (Phi) is 11.6. The van der Waals surface area contributed by atoms with Gasteiger partial charge in [-0.1, -0.05) is 49.4 Å². The molecule has 0 aliphatic carbocycles. The Morgan fingerprint density at radius 2 is 1.75 bits per heavy atom. The number of nitrogens with one attached hydrogen (secondary N) is 2. The number of aryl methyl sites for hydroxylation is 2. The minimum Gasteiger partial charge on any atom is -0.497 e. The van der Waals surface area contributed by atoms with Gasteiger partial charge in [0.25, 0.3) is 0 Å². The number of methoxy groups -OCH3 is 1. The van der Waals surface area contributed by atoms with Crippen LogP contribution in [-0.4, -0.2) is 40.9 Å². The molecule has 2 N–H and O–H groups in total. The molecule has 8 heteroatoms. The van der Waals surface area contributed by atoms with Crippen LogP contribution in [0.15, 0.2) is 65.9 Å². The lowest BCUT2D eigenvalue weighted by molar-refractivity contribution is 0.414. The predicted octanol–water partition coefficient (Wildman–Crippen LogP) is 3.84. The average Bonchev–Trinajstić information content (AvgIpc) is 3.28. The molecule has 0 saturated carbocycles. The predicted molar refractivity (Wildman–Crippen MR) is 140 cm³/mol. The zero-order chi connectivity index (χ0) is 21.7. The Bertz CT molecular complexity index is 927. The number of nitrogens with zero attached hydrogens (tertiary/aromatic N) is 4. The maximum absolute atomic E-state index is 5.23. The Morgan fingerprint density at radius 3 is 2.47 bits per heavy atom. The van der Waals surface area contributed by atoms with Crippen molar-refractivity contribution in [3.8, 4) is 5.75 Å². The lowest BCUT2D eigenvalue weighted by Gasteiger charge is -2.14. The number of guanidine groups is 1. The molecule has 1 aromatic heterocycles. The number of hydrogen-bond acceptors (Lipinski definition) is 4. The van der Waals surface area contributed by atoms with Gasteiger partial charge in [-0.2, -0.15) is 0 Å². The van der Waals surface area contributed by atoms with Crippen LogP contribution in [0, 0.1) is 0 Å². The molecule has 0 saturated heterocycles. The first-order valence-corrected chi connectivity index (χ1v) is 10.8. The van der Waals surface area contributed by atoms with Gasteiger partial charge in [0, 0.05) is 26.1 Å². The Balaban J connectivity index is 0.00000363. The maximum atomic E-state index is 5.23. The summed E-state index contributed by atoms with van der Waals surface area (Å²) in [5, 5.41) is 15.0. The summed E-state index contributed by atoms with van der Waals surface area (Å²) in [6.45, 7) is 5.09. The van der Waals surface area contributed by atoms with Crippen LogP contribution in [0.2, 0.25) is 0 Å². The Labute approximate surface area is 207 Å². The summed E-state index contributed by atoms with van der Waals surface area (Å²) in [5.41, 5.74) is 2.49. The topological polar surface area (TPSA) is 76.4 Å². The van der Waals surface area contributed by atoms with E-state index in [1.807, 2.05) is 24.3 Å². The number of benzene rings is 2. The molecule has 2 aromatic carbocycles. The van der Waals surface area contributed by atoms with E-state index in [-0.39, 0.29) is 24.0 Å². The van der Waals surface area contributed by atoms with Crippen molar-refractivity contribution < 1.29 is 4.74 Å². The van der Waals surface area contributed by atoms with E-state index in [0.717, 1.165) is 62.0 Å². The molecule has 0 radical (unpaired) electrons. The summed E-state index contributed by atoms with van der Waals surface area (Å²) >= 11 is 0. The van der Waals surface area contributed by atoms with Crippen molar-refractivity contribution in [1.82, 2.24) is 25.4 Å². The first-order chi connectivity index (χ1) is 15.3. The van der Waals surface area contributed by atoms with E-state index in [2.05, 4.69) is 62.7 Å². The number of hydrogen-bond donors (Lipinski definition) is 2. The summed E-state index contributed by atoms with van der Waals surface area (Å²) in [6.07, 6.45) is 4.73. The van der Waals surface area contributed by atoms with Crippen molar-refractivity contribution in [3.05, 3.63) is 77.9 Å². The van der Waals surface area contributed by atoms with Gasteiger partial charge >= 0.3 is 0 Å². The van der Waals surface area contributed by atoms with Crippen molar-refractivity contribution in [3.63, 3.8) is 0 Å². The van der Waals surface area contributed by atoms with E-state index in [9.17, 15) is 0 Å². The van der Waals surface area contributed by atoms with E-state index < -0.39 is 0 Å². The number of ether oxygens (including phenoxy) is 1. The molecule has 3 rings (SSSR count). The standard InChI is InChI=1S/C24H32N6O.HI/c1-3-23-29-28-19-30(23)17-16-26-24(25-15-7-10-20-8-5-4-6-9-20)27-18-21-11-13-22(31-2)14-12-21;/h4-6,8-9,11-14,19H,3,7,10,15-18H2,1-2H3,(H2,25,26,27);1H. The quantitative estimate of drug-likeness (QED) is 0.165. The van der Waals surface area contributed by atoms with E-state index in [1.165, 1.54) is 5.56 Å². The van der Waals surface area contributed by atoms with Crippen LogP contribution in [0.1, 0.15) is 30.3 Å². The number of rotatable bonds is 11. The molecule has 172 valence electrons. The van der Waals surface area contributed by atoms with Gasteiger partial charge in [-0.3, -0.25) is 0 Å². The third-order valence-corrected chi connectivity index (χ3v) is 5.01. The van der Waals surface area contributed by atoms with Crippen LogP contribution in [0.25, 0.3) is 0 Å². The smallest absolute Gasteiger partial charge is 0.191 e. The van der Waals surface area contributed by atoms with E-state index in [0.29, 0.717) is 6.54 Å². The summed E-state index contributed by atoms with van der Waals surface area (Å²) < 4.78 is 7.30. The van der Waals surface area contributed by atoms with Gasteiger partial charge in [0.2, 0.25) is 0 Å². The monoisotopic (exact) mass is 548 g/mol. The van der Waals surface area contributed by atoms with Crippen LogP contribution in [0.4, 0.5) is 0 Å². The minimum absolute atomic E-state index is 0. The van der Waals surface area contributed by atoms with Crippen molar-refractivity contribution in [2.45, 2.75) is 39.3 Å². The highest BCUT2D eigenvalue weighted by Gasteiger charge is 2.03. The van der Waals surface area contributed by atoms with Crippen LogP contribution >= 0.6 is 24.0 Å². The normalized spacial score (nSPS) is 11.0. The highest BCUT2D eigenvalue weighted by Crippen LogP contribution is 2.11. The van der Waals surface area contributed by atoms with Crippen molar-refractivity contribution in [2.75, 3.05) is 20.2 Å². The van der Waals surface area contributed by atoms with Crippen molar-refractivity contribution in [1.29, 1.82) is 0 Å². The summed E-state index contributed by atoms with van der Waals surface area (Å²) in [5.74, 6) is 2.66. The molecule has 32 heavy (non-hydrogen) atoms. The highest BCUT2D eigenvalue weighted by molar-refractivity contribution is 14.0. The second-order valence-corrected chi connectivity index (χ2v) is 7.25. The van der Waals surface area contributed by atoms with E-state index in [4.69, 9.17) is 9.73 Å². The molecule has 0 spiro atoms. The van der Waals surface area contributed by atoms with E-state index in [1.54, 1.807) is 13.4 Å². The molecule has 0 aliphatic rings. The second-order valence-electron chi connectivity index (χ2n) is 7.25. The fourth-order valence-electron chi connectivity index (χ4n) is 3.25. The van der Waals surface area contributed by atoms with Crippen molar-refractivity contribution in [2.24, 2.45) is 4.99 Å². The van der Waals surface area contributed by atoms with Gasteiger partial charge in [-0.25, -0.2) is 4.99 Å². The van der Waals surface area contributed by atoms with Gasteiger partial charge < -0.3 is 19.9 Å². The summed E-state index contributed by atoms with van der Waals surface area (Å²) in [7, 11) is 1.67. The third-order valence-electron chi connectivity index (χ3n) is 5.01. The Morgan fingerprint density at radius 1 is 1.00 bits per heavy atom. The lowest BCUT2D eigenvalue weighted by Crippen LogP contribution is -2.39. The zero-order valence-corrected chi connectivity index (χ0v) is 21.2. The van der Waals surface area contributed by atoms with Gasteiger partial charge in [0.1, 0.15) is 17.9 Å². The number of aromatic nitrogens is 3. The van der Waals surface area contributed by atoms with Gasteiger partial charge in [-0.15, -0.1) is 34.2 Å². The largest absolute Gasteiger partial charge is 0.497 e. The minimum atomic E-state index is 0. The van der Waals surface area contributed by atoms with E-state index >= 15 is 0 Å². The molecule has 0 unspecified atom stereocenters. The molecule has 0 aliphatic heterocycles. The van der Waals surface area contributed by atoms with Crippen LogP contribution in [-0.2, 0) is 25.9 Å². The molecular formula is C24H33IN6O. The molecule has 1 heterocycles. The third kappa shape index (κ3) is 8.49. The highest BCUT2D eigenvalue weighted by atomic mass is 127. The number of aliphatic imine (C=N–C) groups is 1. The fourth-order valence-corrected chi connectivity index (χ4v) is 3.25. The van der Waals surface area contributed by atoms with Crippen molar-refractivity contribution >= 4 is 29.9 Å². The average molecular weight is 548 g/mol. The summed E-state index contributed by atoms with van der Waals surface area (Å²) in [4.78, 5) is 4.77. The van der Waals surface area contributed by atoms with Gasteiger partial charge in [0.15, 0.2) is 5.96 Å². The van der Waals surface area contributed by atoms with Crippen LogP contribution in [0.3, 0.4) is 0 Å². The molecule has 0 fully saturated rings. The SMILES string of the molecule is CCc1nncn1CCNC(=NCc1ccc(OC)cc1)NCCCc1ccccc1.I. The maximum Gasteiger partial charge on any atom is 0.191 e.